The third-order valence-corrected chi connectivity index (χ3v) is 3.65. The van der Waals surface area contributed by atoms with Gasteiger partial charge in [-0.2, -0.15) is 0 Å². The Morgan fingerprint density at radius 1 is 0.773 bits per heavy atom. The molecule has 0 aromatic carbocycles. The Morgan fingerprint density at radius 2 is 1.18 bits per heavy atom. The minimum absolute atomic E-state index is 0. The summed E-state index contributed by atoms with van der Waals surface area (Å²) in [6.45, 7) is 2.26. The van der Waals surface area contributed by atoms with E-state index in [1.807, 2.05) is 0 Å². The van der Waals surface area contributed by atoms with Crippen LogP contribution in [-0.4, -0.2) is 11.1 Å². The number of unbranched alkanes of at least 4 members (excludes halogenated alkanes) is 11. The Hall–Kier alpha value is 0.170. The SMILES string of the molecule is CCCCCCCCC=CCCCCCCCC(=O)O.[NH2-].[Na+]. The summed E-state index contributed by atoms with van der Waals surface area (Å²) in [7, 11) is 0. The van der Waals surface area contributed by atoms with Gasteiger partial charge in [-0.1, -0.05) is 70.4 Å². The molecule has 0 aliphatic rings. The predicted octanol–water partition coefficient (Wildman–Crippen LogP) is 3.83. The zero-order chi connectivity index (χ0) is 14.9. The van der Waals surface area contributed by atoms with Crippen LogP contribution in [0.5, 0.6) is 0 Å². The van der Waals surface area contributed by atoms with Crippen molar-refractivity contribution in [3.63, 3.8) is 0 Å². The molecule has 3 N–H and O–H groups in total. The molecule has 4 heteroatoms. The summed E-state index contributed by atoms with van der Waals surface area (Å²) in [5.41, 5.74) is 0. The van der Waals surface area contributed by atoms with Gasteiger partial charge in [0.25, 0.3) is 0 Å². The average Bonchev–Trinajstić information content (AvgIpc) is 2.43. The van der Waals surface area contributed by atoms with Crippen molar-refractivity contribution in [1.82, 2.24) is 0 Å². The van der Waals surface area contributed by atoms with E-state index in [9.17, 15) is 4.79 Å². The van der Waals surface area contributed by atoms with Crippen LogP contribution in [0.4, 0.5) is 0 Å². The third kappa shape index (κ3) is 25.1. The Bertz CT molecular complexity index is 245. The van der Waals surface area contributed by atoms with Crippen LogP contribution in [0.1, 0.15) is 96.8 Å². The second-order valence-corrected chi connectivity index (χ2v) is 5.73. The van der Waals surface area contributed by atoms with Crippen LogP contribution in [0, 0.1) is 0 Å². The molecule has 0 unspecified atom stereocenters. The molecule has 0 radical (unpaired) electrons. The van der Waals surface area contributed by atoms with E-state index in [0.29, 0.717) is 6.42 Å². The largest absolute Gasteiger partial charge is 1.00 e. The summed E-state index contributed by atoms with van der Waals surface area (Å²) < 4.78 is 0. The van der Waals surface area contributed by atoms with Gasteiger partial charge in [-0.15, -0.1) is 0 Å². The van der Waals surface area contributed by atoms with Crippen LogP contribution < -0.4 is 29.6 Å². The normalized spacial score (nSPS) is 10.2. The van der Waals surface area contributed by atoms with E-state index in [1.165, 1.54) is 70.6 Å². The van der Waals surface area contributed by atoms with Gasteiger partial charge in [0.2, 0.25) is 0 Å². The molecule has 22 heavy (non-hydrogen) atoms. The van der Waals surface area contributed by atoms with E-state index in [1.54, 1.807) is 0 Å². The van der Waals surface area contributed by atoms with Gasteiger partial charge in [0.05, 0.1) is 0 Å². The summed E-state index contributed by atoms with van der Waals surface area (Å²) >= 11 is 0. The van der Waals surface area contributed by atoms with E-state index in [2.05, 4.69) is 19.1 Å². The summed E-state index contributed by atoms with van der Waals surface area (Å²) in [5.74, 6) is -0.664. The second kappa shape index (κ2) is 23.4. The molecule has 0 bridgehead atoms. The first-order chi connectivity index (χ1) is 9.77. The van der Waals surface area contributed by atoms with Crippen molar-refractivity contribution in [2.45, 2.75) is 96.8 Å². The second-order valence-electron chi connectivity index (χ2n) is 5.73. The topological polar surface area (TPSA) is 70.8 Å². The minimum Gasteiger partial charge on any atom is -0.693 e. The maximum absolute atomic E-state index is 10.3. The van der Waals surface area contributed by atoms with Crippen molar-refractivity contribution in [2.75, 3.05) is 0 Å². The summed E-state index contributed by atoms with van der Waals surface area (Å²) in [5, 5.41) is 8.51. The van der Waals surface area contributed by atoms with Crippen molar-refractivity contribution in [1.29, 1.82) is 0 Å². The van der Waals surface area contributed by atoms with Gasteiger partial charge < -0.3 is 11.3 Å². The molecule has 0 rings (SSSR count). The molecule has 0 saturated carbocycles. The molecule has 0 fully saturated rings. The number of carboxylic acid groups (broad SMARTS) is 1. The van der Waals surface area contributed by atoms with Gasteiger partial charge >= 0.3 is 35.5 Å². The van der Waals surface area contributed by atoms with E-state index in [0.717, 1.165) is 12.8 Å². The monoisotopic (exact) mass is 321 g/mol. The van der Waals surface area contributed by atoms with Crippen molar-refractivity contribution < 1.29 is 39.5 Å². The molecule has 0 spiro atoms. The average molecular weight is 321 g/mol. The maximum Gasteiger partial charge on any atom is 1.00 e. The molecule has 126 valence electrons. The molecule has 0 amide bonds. The number of rotatable bonds is 15. The van der Waals surface area contributed by atoms with Crippen molar-refractivity contribution in [3.05, 3.63) is 18.3 Å². The van der Waals surface area contributed by atoms with Crippen LogP contribution in [0.3, 0.4) is 0 Å². The Labute approximate surface area is 160 Å². The van der Waals surface area contributed by atoms with Gasteiger partial charge in [0.15, 0.2) is 0 Å². The molecule has 0 aromatic heterocycles. The number of allylic oxidation sites excluding steroid dienone is 2. The Kier molecular flexibility index (Phi) is 28.8. The molecule has 0 aromatic rings. The first-order valence-electron chi connectivity index (χ1n) is 8.64. The quantitative estimate of drug-likeness (QED) is 0.283. The molecule has 0 aliphatic carbocycles. The van der Waals surface area contributed by atoms with Gasteiger partial charge in [0.1, 0.15) is 0 Å². The van der Waals surface area contributed by atoms with Gasteiger partial charge in [-0.3, -0.25) is 4.79 Å². The zero-order valence-corrected chi connectivity index (χ0v) is 17.0. The van der Waals surface area contributed by atoms with Gasteiger partial charge in [0, 0.05) is 6.42 Å². The Balaban J connectivity index is -0.00000180. The Morgan fingerprint density at radius 3 is 1.64 bits per heavy atom. The molecular weight excluding hydrogens is 285 g/mol. The van der Waals surface area contributed by atoms with E-state index in [-0.39, 0.29) is 35.7 Å². The number of hydrogen-bond donors (Lipinski definition) is 1. The van der Waals surface area contributed by atoms with Crippen LogP contribution in [0.25, 0.3) is 6.15 Å². The van der Waals surface area contributed by atoms with E-state index >= 15 is 0 Å². The van der Waals surface area contributed by atoms with Crippen LogP contribution in [0.2, 0.25) is 0 Å². The third-order valence-electron chi connectivity index (χ3n) is 3.65. The van der Waals surface area contributed by atoms with Gasteiger partial charge in [-0.25, -0.2) is 0 Å². The molecule has 0 saturated heterocycles. The number of aliphatic carboxylic acids is 1. The number of hydrogen-bond acceptors (Lipinski definition) is 1. The first-order valence-corrected chi connectivity index (χ1v) is 8.64. The summed E-state index contributed by atoms with van der Waals surface area (Å²) in [6.07, 6.45) is 21.2. The molecule has 0 heterocycles. The summed E-state index contributed by atoms with van der Waals surface area (Å²) in [4.78, 5) is 10.3. The number of carboxylic acids is 1. The smallest absolute Gasteiger partial charge is 0.693 e. The fourth-order valence-corrected chi connectivity index (χ4v) is 2.35. The summed E-state index contributed by atoms with van der Waals surface area (Å²) in [6, 6.07) is 0. The number of carbonyl (C=O) groups is 1. The van der Waals surface area contributed by atoms with Gasteiger partial charge in [-0.05, 0) is 32.1 Å². The van der Waals surface area contributed by atoms with Crippen molar-refractivity contribution in [2.24, 2.45) is 0 Å². The van der Waals surface area contributed by atoms with Crippen molar-refractivity contribution >= 4 is 5.97 Å². The first kappa shape index (κ1) is 27.0. The standard InChI is InChI=1S/C18H34O2.H2N.Na/c1-2-3-4-5-6-7-8-9-10-11-12-13-14-15-16-17-18(19)20;;/h9-10H,2-8,11-17H2,1H3,(H,19,20);1H2;/q;-1;+1. The fraction of sp³-hybridized carbons (Fsp3) is 0.833. The predicted molar refractivity (Wildman–Crippen MR) is 92.4 cm³/mol. The van der Waals surface area contributed by atoms with Crippen LogP contribution in [0.15, 0.2) is 12.2 Å². The fourth-order valence-electron chi connectivity index (χ4n) is 2.35. The van der Waals surface area contributed by atoms with Crippen LogP contribution in [-0.2, 0) is 4.79 Å². The molecule has 0 atom stereocenters. The maximum atomic E-state index is 10.3. The van der Waals surface area contributed by atoms with Crippen molar-refractivity contribution in [3.8, 4) is 0 Å². The molecule has 0 aliphatic heterocycles. The minimum atomic E-state index is -0.664. The molecular formula is C18H36NNaO2. The zero-order valence-electron chi connectivity index (χ0n) is 15.0. The van der Waals surface area contributed by atoms with Crippen LogP contribution >= 0.6 is 0 Å². The molecule has 3 nitrogen and oxygen atoms in total. The van der Waals surface area contributed by atoms with E-state index in [4.69, 9.17) is 5.11 Å². The number of nitrogens with two attached hydrogens (primary N) is 1. The van der Waals surface area contributed by atoms with E-state index < -0.39 is 5.97 Å².